The second-order valence-electron chi connectivity index (χ2n) is 3.34. The third-order valence-electron chi connectivity index (χ3n) is 2.08. The number of aromatic nitrogens is 4. The van der Waals surface area contributed by atoms with Crippen molar-refractivity contribution in [3.63, 3.8) is 0 Å². The third-order valence-corrected chi connectivity index (χ3v) is 2.08. The van der Waals surface area contributed by atoms with Crippen LogP contribution in [0.15, 0.2) is 12.5 Å². The van der Waals surface area contributed by atoms with E-state index in [1.807, 2.05) is 0 Å². The number of imidazole rings is 1. The first kappa shape index (κ1) is 9.53. The van der Waals surface area contributed by atoms with Gasteiger partial charge in [0.1, 0.15) is 5.52 Å². The van der Waals surface area contributed by atoms with Crippen LogP contribution in [0.5, 0.6) is 0 Å². The van der Waals surface area contributed by atoms with Gasteiger partial charge in [-0.2, -0.15) is 0 Å². The molecule has 0 spiro atoms. The van der Waals surface area contributed by atoms with Crippen molar-refractivity contribution in [1.29, 1.82) is 0 Å². The molecule has 0 radical (unpaired) electrons. The lowest BCUT2D eigenvalue weighted by molar-refractivity contribution is -0.143. The molecule has 2 rings (SSSR count). The first-order valence-electron chi connectivity index (χ1n) is 4.20. The van der Waals surface area contributed by atoms with Crippen LogP contribution in [-0.2, 0) is 10.3 Å². The molecule has 0 unspecified atom stereocenters. The summed E-state index contributed by atoms with van der Waals surface area (Å²) >= 11 is 0. The van der Waals surface area contributed by atoms with Gasteiger partial charge in [-0.3, -0.25) is 0 Å². The molecule has 78 valence electrons. The molecule has 0 aliphatic carbocycles. The minimum Gasteiger partial charge on any atom is -0.480 e. The van der Waals surface area contributed by atoms with E-state index in [0.717, 1.165) is 0 Å². The molecule has 2 aromatic rings. The van der Waals surface area contributed by atoms with Gasteiger partial charge < -0.3 is 15.8 Å². The van der Waals surface area contributed by atoms with Crippen molar-refractivity contribution < 1.29 is 9.90 Å². The first-order chi connectivity index (χ1) is 7.01. The summed E-state index contributed by atoms with van der Waals surface area (Å²) in [6, 6.07) is 0. The lowest BCUT2D eigenvalue weighted by Gasteiger charge is -2.16. The average molecular weight is 207 g/mol. The van der Waals surface area contributed by atoms with Crippen LogP contribution in [0, 0.1) is 0 Å². The van der Waals surface area contributed by atoms with Crippen LogP contribution in [-0.4, -0.2) is 31.0 Å². The van der Waals surface area contributed by atoms with E-state index in [-0.39, 0.29) is 5.82 Å². The molecule has 2 aromatic heterocycles. The summed E-state index contributed by atoms with van der Waals surface area (Å²) < 4.78 is 0. The number of hydrogen-bond acceptors (Lipinski definition) is 5. The minimum absolute atomic E-state index is 0.0367. The Kier molecular flexibility index (Phi) is 1.90. The van der Waals surface area contributed by atoms with Crippen molar-refractivity contribution >= 4 is 17.1 Å². The van der Waals surface area contributed by atoms with Gasteiger partial charge in [0.15, 0.2) is 17.0 Å². The highest BCUT2D eigenvalue weighted by atomic mass is 16.4. The molecule has 0 saturated heterocycles. The predicted octanol–water partition coefficient (Wildman–Crippen LogP) is -0.389. The van der Waals surface area contributed by atoms with Gasteiger partial charge in [0.2, 0.25) is 0 Å². The number of aromatic amines is 1. The summed E-state index contributed by atoms with van der Waals surface area (Å²) in [7, 11) is 0. The van der Waals surface area contributed by atoms with E-state index >= 15 is 0 Å². The smallest absolute Gasteiger partial charge is 0.331 e. The number of aliphatic carboxylic acids is 1. The van der Waals surface area contributed by atoms with E-state index in [0.29, 0.717) is 11.2 Å². The maximum atomic E-state index is 10.9. The van der Waals surface area contributed by atoms with Crippen LogP contribution in [0.25, 0.3) is 11.2 Å². The number of H-pyrrole nitrogens is 1. The van der Waals surface area contributed by atoms with Crippen molar-refractivity contribution in [1.82, 2.24) is 19.9 Å². The van der Waals surface area contributed by atoms with E-state index in [1.54, 1.807) is 0 Å². The monoisotopic (exact) mass is 207 g/mol. The van der Waals surface area contributed by atoms with Gasteiger partial charge in [0.25, 0.3) is 0 Å². The molecule has 1 atom stereocenters. The van der Waals surface area contributed by atoms with Crippen molar-refractivity contribution in [2.45, 2.75) is 12.5 Å². The number of nitrogens with one attached hydrogen (secondary N) is 1. The Labute approximate surface area is 84.4 Å². The number of carboxylic acid groups (broad SMARTS) is 1. The van der Waals surface area contributed by atoms with Gasteiger partial charge in [0, 0.05) is 0 Å². The minimum atomic E-state index is -1.60. The normalized spacial score (nSPS) is 15.1. The van der Waals surface area contributed by atoms with E-state index in [9.17, 15) is 4.79 Å². The Morgan fingerprint density at radius 1 is 1.60 bits per heavy atom. The topological polar surface area (TPSA) is 118 Å². The van der Waals surface area contributed by atoms with Gasteiger partial charge in [-0.05, 0) is 6.92 Å². The van der Waals surface area contributed by atoms with Crippen LogP contribution >= 0.6 is 0 Å². The highest BCUT2D eigenvalue weighted by Gasteiger charge is 2.33. The zero-order valence-electron chi connectivity index (χ0n) is 7.93. The van der Waals surface area contributed by atoms with Crippen LogP contribution in [0.1, 0.15) is 12.7 Å². The molecule has 0 aromatic carbocycles. The van der Waals surface area contributed by atoms with Crippen molar-refractivity contribution in [3.05, 3.63) is 18.3 Å². The molecule has 15 heavy (non-hydrogen) atoms. The Morgan fingerprint density at radius 3 is 3.00 bits per heavy atom. The number of carbonyl (C=O) groups is 1. The molecule has 2 heterocycles. The molecule has 7 nitrogen and oxygen atoms in total. The first-order valence-corrected chi connectivity index (χ1v) is 4.20. The fraction of sp³-hybridized carbons (Fsp3) is 0.250. The predicted molar refractivity (Wildman–Crippen MR) is 50.9 cm³/mol. The summed E-state index contributed by atoms with van der Waals surface area (Å²) in [5.74, 6) is -1.15. The quantitative estimate of drug-likeness (QED) is 0.617. The van der Waals surface area contributed by atoms with Crippen LogP contribution in [0.3, 0.4) is 0 Å². The molecular formula is C8H9N5O2. The lowest BCUT2D eigenvalue weighted by atomic mass is 10.0. The second-order valence-corrected chi connectivity index (χ2v) is 3.34. The fourth-order valence-corrected chi connectivity index (χ4v) is 1.08. The number of nitrogens with zero attached hydrogens (tertiary/aromatic N) is 3. The number of rotatable bonds is 2. The SMILES string of the molecule is C[C@](N)(C(=O)O)c1ncc2[nH]cnc2n1. The summed E-state index contributed by atoms with van der Waals surface area (Å²) in [5.41, 5.74) is 5.01. The van der Waals surface area contributed by atoms with E-state index in [2.05, 4.69) is 19.9 Å². The molecule has 7 heteroatoms. The number of nitrogens with two attached hydrogens (primary N) is 1. The highest BCUT2D eigenvalue weighted by Crippen LogP contribution is 2.15. The average Bonchev–Trinajstić information content (AvgIpc) is 2.63. The molecule has 0 aliphatic rings. The van der Waals surface area contributed by atoms with Gasteiger partial charge in [-0.1, -0.05) is 0 Å². The fourth-order valence-electron chi connectivity index (χ4n) is 1.08. The third kappa shape index (κ3) is 1.42. The van der Waals surface area contributed by atoms with Crippen LogP contribution in [0.2, 0.25) is 0 Å². The molecule has 0 aliphatic heterocycles. The van der Waals surface area contributed by atoms with Crippen LogP contribution in [0.4, 0.5) is 0 Å². The van der Waals surface area contributed by atoms with E-state index in [4.69, 9.17) is 10.8 Å². The Hall–Kier alpha value is -2.02. The molecule has 4 N–H and O–H groups in total. The summed E-state index contributed by atoms with van der Waals surface area (Å²) in [6.07, 6.45) is 2.91. The lowest BCUT2D eigenvalue weighted by Crippen LogP contribution is -2.43. The van der Waals surface area contributed by atoms with E-state index in [1.165, 1.54) is 19.4 Å². The van der Waals surface area contributed by atoms with Crippen LogP contribution < -0.4 is 5.73 Å². The van der Waals surface area contributed by atoms with Crippen molar-refractivity contribution in [2.75, 3.05) is 0 Å². The highest BCUT2D eigenvalue weighted by molar-refractivity contribution is 5.79. The zero-order chi connectivity index (χ0) is 11.1. The Balaban J connectivity index is 2.57. The maximum absolute atomic E-state index is 10.9. The Bertz CT molecular complexity index is 518. The molecule has 0 amide bonds. The van der Waals surface area contributed by atoms with Gasteiger partial charge in [-0.25, -0.2) is 19.7 Å². The van der Waals surface area contributed by atoms with Crippen molar-refractivity contribution in [3.8, 4) is 0 Å². The summed E-state index contributed by atoms with van der Waals surface area (Å²) in [4.78, 5) is 25.4. The zero-order valence-corrected chi connectivity index (χ0v) is 7.93. The number of hydrogen-bond donors (Lipinski definition) is 3. The van der Waals surface area contributed by atoms with E-state index < -0.39 is 11.5 Å². The second kappa shape index (κ2) is 2.99. The van der Waals surface area contributed by atoms with Crippen molar-refractivity contribution in [2.24, 2.45) is 5.73 Å². The Morgan fingerprint density at radius 2 is 2.33 bits per heavy atom. The van der Waals surface area contributed by atoms with Gasteiger partial charge in [-0.15, -0.1) is 0 Å². The largest absolute Gasteiger partial charge is 0.480 e. The molecule has 0 bridgehead atoms. The number of carboxylic acids is 1. The summed E-state index contributed by atoms with van der Waals surface area (Å²) in [5, 5.41) is 8.88. The number of fused-ring (bicyclic) bond motifs is 1. The maximum Gasteiger partial charge on any atom is 0.331 e. The standard InChI is InChI=1S/C8H9N5O2/c1-8(9,7(14)15)6-10-2-4-5(13-6)12-3-11-4/h2-3H,9H2,1H3,(H,14,15)(H,10,11,12,13)/t8-/m1/s1. The molecule has 0 fully saturated rings. The molecule has 0 saturated carbocycles. The summed E-state index contributed by atoms with van der Waals surface area (Å²) in [6.45, 7) is 1.34. The van der Waals surface area contributed by atoms with Gasteiger partial charge in [0.05, 0.1) is 12.5 Å². The molecular weight excluding hydrogens is 198 g/mol. The van der Waals surface area contributed by atoms with Gasteiger partial charge >= 0.3 is 5.97 Å².